The van der Waals surface area contributed by atoms with Gasteiger partial charge in [0.1, 0.15) is 45.0 Å². The SMILES string of the molecule is COc1ccc(CN2CCN(C3CC4(CCN(c5cc(Oc6cnc7[nH]ccc7c6)c(C(=O)NS(=O)(=O)c6cc([N+](=O)[O-])c(NCC7(F)CCOCC7)c7ccoc67)cc5F)CC4)C3)C(c3ccccc3C(C)C)C2)cc1. The zero-order valence-electron chi connectivity index (χ0n) is 43.2. The molecule has 4 fully saturated rings. The van der Waals surface area contributed by atoms with Gasteiger partial charge in [0.15, 0.2) is 5.58 Å². The number of methoxy groups -OCH3 is 1. The van der Waals surface area contributed by atoms with Crippen LogP contribution in [0.1, 0.15) is 91.4 Å². The molecule has 20 heteroatoms. The molecule has 7 aromatic rings. The highest BCUT2D eigenvalue weighted by molar-refractivity contribution is 7.90. The molecule has 3 aromatic heterocycles. The van der Waals surface area contributed by atoms with Gasteiger partial charge in [-0.2, -0.15) is 0 Å². The van der Waals surface area contributed by atoms with E-state index in [1.807, 2.05) is 21.8 Å². The normalized spacial score (nSPS) is 19.1. The number of nitrogens with one attached hydrogen (secondary N) is 3. The van der Waals surface area contributed by atoms with E-state index in [1.165, 1.54) is 35.0 Å². The van der Waals surface area contributed by atoms with Crippen molar-refractivity contribution in [3.8, 4) is 17.2 Å². The van der Waals surface area contributed by atoms with Crippen molar-refractivity contribution >= 4 is 55.0 Å². The maximum Gasteiger partial charge on any atom is 0.294 e. The Labute approximate surface area is 445 Å². The lowest BCUT2D eigenvalue weighted by molar-refractivity contribution is -0.384. The van der Waals surface area contributed by atoms with Crippen molar-refractivity contribution in [2.24, 2.45) is 5.41 Å². The quantitative estimate of drug-likeness (QED) is 0.0610. The van der Waals surface area contributed by atoms with Crippen molar-refractivity contribution in [2.45, 2.75) is 87.5 Å². The molecule has 4 aromatic carbocycles. The molecule has 11 rings (SSSR count). The molecule has 77 heavy (non-hydrogen) atoms. The molecule has 1 amide bonds. The number of halogens is 2. The Morgan fingerprint density at radius 3 is 2.48 bits per heavy atom. The highest BCUT2D eigenvalue weighted by Gasteiger charge is 2.50. The van der Waals surface area contributed by atoms with Gasteiger partial charge in [-0.25, -0.2) is 26.9 Å². The van der Waals surface area contributed by atoms with Crippen molar-refractivity contribution < 1.29 is 45.5 Å². The Bertz CT molecular complexity index is 3440. The fourth-order valence-electron chi connectivity index (χ4n) is 12.0. The third-order valence-corrected chi connectivity index (χ3v) is 17.6. The number of amides is 1. The van der Waals surface area contributed by atoms with Crippen molar-refractivity contribution in [3.63, 3.8) is 0 Å². The minimum Gasteiger partial charge on any atom is -0.497 e. The smallest absolute Gasteiger partial charge is 0.294 e. The molecule has 404 valence electrons. The number of furan rings is 1. The lowest BCUT2D eigenvalue weighted by Crippen LogP contribution is -2.60. The zero-order chi connectivity index (χ0) is 53.6. The molecule has 6 heterocycles. The molecule has 3 saturated heterocycles. The molecular weight excluding hydrogens is 1010 g/mol. The fraction of sp³-hybridized carbons (Fsp3) is 0.404. The lowest BCUT2D eigenvalue weighted by atomic mass is 9.59. The molecular formula is C57H62F2N8O9S. The minimum absolute atomic E-state index is 0.0217. The molecule has 1 spiro atoms. The number of nitrogens with zero attached hydrogens (tertiary/aromatic N) is 5. The summed E-state index contributed by atoms with van der Waals surface area (Å²) in [6.45, 7) is 9.30. The minimum atomic E-state index is -4.98. The Morgan fingerprint density at radius 1 is 0.974 bits per heavy atom. The van der Waals surface area contributed by atoms with Gasteiger partial charge < -0.3 is 33.8 Å². The number of piperazine rings is 1. The fourth-order valence-corrected chi connectivity index (χ4v) is 13.1. The first kappa shape index (κ1) is 51.9. The molecule has 1 unspecified atom stereocenters. The van der Waals surface area contributed by atoms with Gasteiger partial charge in [-0.15, -0.1) is 0 Å². The predicted octanol–water partition coefficient (Wildman–Crippen LogP) is 10.6. The van der Waals surface area contributed by atoms with Crippen LogP contribution >= 0.6 is 0 Å². The number of aromatic amines is 1. The number of carbonyl (C=O) groups is 1. The predicted molar refractivity (Wildman–Crippen MR) is 288 cm³/mol. The van der Waals surface area contributed by atoms with Gasteiger partial charge in [-0.1, -0.05) is 50.2 Å². The van der Waals surface area contributed by atoms with E-state index in [4.69, 9.17) is 18.6 Å². The summed E-state index contributed by atoms with van der Waals surface area (Å²) < 4.78 is 85.3. The molecule has 1 saturated carbocycles. The van der Waals surface area contributed by atoms with E-state index < -0.39 is 48.5 Å². The van der Waals surface area contributed by atoms with Crippen LogP contribution in [-0.2, 0) is 21.3 Å². The summed E-state index contributed by atoms with van der Waals surface area (Å²) in [5, 5.41) is 16.0. The number of nitro benzene ring substituents is 1. The standard InChI is InChI=1S/C57H62F2N8O9S/c1-36(2)42-6-4-5-7-43(42)49-34-64(33-37-8-10-40(73-3)11-9-37)21-22-66(49)39-30-56(31-39)14-19-65(20-15-56)47-28-50(76-41-26-38-12-18-60-54(38)61-32-41)45(27-46(47)58)55(68)63-77(71,72)51-29-48(67(69)70)52(44-13-23-75-53(44)51)62-35-57(59)16-24-74-25-17-57/h4-13,18,23,26-29,32,36,39,49,62H,14-17,19-22,24-25,30-31,33-35H2,1-3H3,(H,60,61)(H,63,68). The molecule has 4 aliphatic rings. The van der Waals surface area contributed by atoms with Crippen LogP contribution in [0.2, 0.25) is 0 Å². The van der Waals surface area contributed by atoms with Crippen LogP contribution in [0.25, 0.3) is 22.0 Å². The number of alkyl halides is 1. The van der Waals surface area contributed by atoms with E-state index in [-0.39, 0.29) is 77.9 Å². The van der Waals surface area contributed by atoms with E-state index in [1.54, 1.807) is 25.4 Å². The van der Waals surface area contributed by atoms with Gasteiger partial charge in [0.2, 0.25) is 0 Å². The summed E-state index contributed by atoms with van der Waals surface area (Å²) in [6.07, 6.45) is 8.10. The first-order valence-electron chi connectivity index (χ1n) is 26.2. The number of carbonyl (C=O) groups excluding carboxylic acids is 1. The molecule has 1 aliphatic carbocycles. The molecule has 1 atom stereocenters. The summed E-state index contributed by atoms with van der Waals surface area (Å²) in [5.41, 5.74) is 1.50. The number of hydrogen-bond donors (Lipinski definition) is 3. The van der Waals surface area contributed by atoms with Gasteiger partial charge in [0.25, 0.3) is 21.6 Å². The Kier molecular flexibility index (Phi) is 14.2. The van der Waals surface area contributed by atoms with Crippen LogP contribution in [0, 0.1) is 21.3 Å². The van der Waals surface area contributed by atoms with Crippen molar-refractivity contribution in [1.82, 2.24) is 24.5 Å². The second-order valence-electron chi connectivity index (χ2n) is 21.4. The number of hydrogen-bond acceptors (Lipinski definition) is 14. The Balaban J connectivity index is 0.823. The average Bonchev–Trinajstić information content (AvgIpc) is 4.19. The van der Waals surface area contributed by atoms with Gasteiger partial charge >= 0.3 is 0 Å². The summed E-state index contributed by atoms with van der Waals surface area (Å²) >= 11 is 0. The maximum absolute atomic E-state index is 16.7. The number of piperidine rings is 1. The number of anilines is 2. The number of sulfonamides is 1. The second-order valence-corrected chi connectivity index (χ2v) is 23.0. The topological polar surface area (TPSA) is 198 Å². The summed E-state index contributed by atoms with van der Waals surface area (Å²) in [5.74, 6) is -0.761. The first-order valence-corrected chi connectivity index (χ1v) is 27.7. The number of pyridine rings is 1. The van der Waals surface area contributed by atoms with Crippen molar-refractivity contribution in [3.05, 3.63) is 142 Å². The molecule has 3 aliphatic heterocycles. The number of H-pyrrole nitrogens is 1. The summed E-state index contributed by atoms with van der Waals surface area (Å²) in [4.78, 5) is 39.9. The monoisotopic (exact) mass is 1070 g/mol. The lowest BCUT2D eigenvalue weighted by Gasteiger charge is -2.58. The van der Waals surface area contributed by atoms with Gasteiger partial charge in [0, 0.05) is 108 Å². The number of benzene rings is 4. The van der Waals surface area contributed by atoms with Gasteiger partial charge in [0.05, 0.1) is 41.1 Å². The largest absolute Gasteiger partial charge is 0.497 e. The third-order valence-electron chi connectivity index (χ3n) is 16.3. The molecule has 3 N–H and O–H groups in total. The van der Waals surface area contributed by atoms with Crippen LogP contribution in [0.4, 0.5) is 25.8 Å². The number of nitro groups is 1. The second kappa shape index (κ2) is 21.0. The molecule has 0 radical (unpaired) electrons. The van der Waals surface area contributed by atoms with E-state index in [0.717, 1.165) is 76.0 Å². The van der Waals surface area contributed by atoms with E-state index in [0.29, 0.717) is 36.1 Å². The van der Waals surface area contributed by atoms with Crippen LogP contribution < -0.4 is 24.4 Å². The summed E-state index contributed by atoms with van der Waals surface area (Å²) in [6, 6.07) is 25.7. The molecule has 17 nitrogen and oxygen atoms in total. The van der Waals surface area contributed by atoms with Crippen LogP contribution in [0.5, 0.6) is 17.2 Å². The highest BCUT2D eigenvalue weighted by atomic mass is 32.2. The first-order chi connectivity index (χ1) is 37.1. The van der Waals surface area contributed by atoms with Crippen LogP contribution in [0.3, 0.4) is 0 Å². The maximum atomic E-state index is 16.7. The van der Waals surface area contributed by atoms with E-state index in [2.05, 4.69) is 75.3 Å². The van der Waals surface area contributed by atoms with Gasteiger partial charge in [-0.3, -0.25) is 24.7 Å². The summed E-state index contributed by atoms with van der Waals surface area (Å²) in [7, 11) is -3.29. The average molecular weight is 1070 g/mol. The Morgan fingerprint density at radius 2 is 1.74 bits per heavy atom. The number of ether oxygens (including phenoxy) is 3. The van der Waals surface area contributed by atoms with E-state index >= 15 is 8.78 Å². The van der Waals surface area contributed by atoms with Crippen LogP contribution in [-0.4, -0.2) is 110 Å². The number of fused-ring (bicyclic) bond motifs is 2. The van der Waals surface area contributed by atoms with Crippen molar-refractivity contribution in [2.75, 3.05) is 69.8 Å². The van der Waals surface area contributed by atoms with E-state index in [9.17, 15) is 23.3 Å². The zero-order valence-corrected chi connectivity index (χ0v) is 44.0. The number of aromatic nitrogens is 2. The van der Waals surface area contributed by atoms with Crippen LogP contribution in [0.15, 0.2) is 113 Å². The van der Waals surface area contributed by atoms with Crippen molar-refractivity contribution in [1.29, 1.82) is 0 Å². The number of rotatable bonds is 16. The Hall–Kier alpha value is -7.13. The van der Waals surface area contributed by atoms with Gasteiger partial charge in [-0.05, 0) is 90.1 Å². The highest BCUT2D eigenvalue weighted by Crippen LogP contribution is 2.54. The third kappa shape index (κ3) is 10.5. The molecule has 0 bridgehead atoms.